The van der Waals surface area contributed by atoms with Gasteiger partial charge >= 0.3 is 19.4 Å². The van der Waals surface area contributed by atoms with Gasteiger partial charge in [0.15, 0.2) is 15.7 Å². The van der Waals surface area contributed by atoms with E-state index in [1.807, 2.05) is 4.98 Å². The Labute approximate surface area is 239 Å². The van der Waals surface area contributed by atoms with Crippen molar-refractivity contribution in [1.29, 1.82) is 0 Å². The van der Waals surface area contributed by atoms with Crippen molar-refractivity contribution < 1.29 is 37.8 Å². The predicted molar refractivity (Wildman–Crippen MR) is 146 cm³/mol. The zero-order chi connectivity index (χ0) is 29.8. The van der Waals surface area contributed by atoms with Crippen molar-refractivity contribution >= 4 is 53.8 Å². The van der Waals surface area contributed by atoms with Gasteiger partial charge in [-0.05, 0) is 20.8 Å². The van der Waals surface area contributed by atoms with Crippen LogP contribution in [-0.2, 0) is 32.7 Å². The standard InChI is InChI=1S/C22H34Cl2N3O10PS/c1-12(2)36-17(30)13(3)26-38(33,34-9-10-39-19(31)21(4,5)6)35-11-14-16(29)22(23,24)18(37-14)27-8-7-15(28)25-20(27)32/h7-8,12-14,16,18,29H,9-11H2,1-6H3,(H,26,33)(H,25,28,32)/t13-,14-,16-,18-,38-/m1/s1. The first-order valence-corrected chi connectivity index (χ1v) is 15.2. The SMILES string of the molecule is CC(C)OC(=O)[C@@H](C)N[P@@](=O)(OCCSC(=O)C(C)(C)C)OC[C@H]1O[C@@H](n2ccc(=O)[nH]c2=O)C(Cl)(Cl)[C@@H]1O. The number of hydrogen-bond acceptors (Lipinski definition) is 11. The van der Waals surface area contributed by atoms with Crippen LogP contribution in [0, 0.1) is 5.41 Å². The largest absolute Gasteiger partial charge is 0.462 e. The minimum absolute atomic E-state index is 0.102. The smallest absolute Gasteiger partial charge is 0.406 e. The number of halogens is 2. The maximum Gasteiger partial charge on any atom is 0.406 e. The van der Waals surface area contributed by atoms with E-state index in [0.29, 0.717) is 0 Å². The van der Waals surface area contributed by atoms with Crippen molar-refractivity contribution in [3.8, 4) is 0 Å². The van der Waals surface area contributed by atoms with Crippen molar-refractivity contribution in [2.45, 2.75) is 76.5 Å². The minimum Gasteiger partial charge on any atom is -0.462 e. The molecule has 0 spiro atoms. The van der Waals surface area contributed by atoms with Crippen LogP contribution in [0.25, 0.3) is 0 Å². The van der Waals surface area contributed by atoms with Crippen LogP contribution in [0.5, 0.6) is 0 Å². The monoisotopic (exact) mass is 633 g/mol. The average Bonchev–Trinajstić information content (AvgIpc) is 3.03. The second-order valence-corrected chi connectivity index (χ2v) is 14.3. The van der Waals surface area contributed by atoms with E-state index in [1.165, 1.54) is 6.92 Å². The lowest BCUT2D eigenvalue weighted by atomic mass is 10.00. The Kier molecular flexibility index (Phi) is 11.9. The molecule has 1 aromatic heterocycles. The maximum atomic E-state index is 13.6. The molecule has 0 unspecified atom stereocenters. The number of aromatic nitrogens is 2. The maximum absolute atomic E-state index is 13.6. The van der Waals surface area contributed by atoms with Crippen LogP contribution in [0.4, 0.5) is 0 Å². The number of rotatable bonds is 12. The minimum atomic E-state index is -4.27. The highest BCUT2D eigenvalue weighted by Gasteiger charge is 2.56. The number of nitrogens with one attached hydrogen (secondary N) is 2. The number of thioether (sulfide) groups is 1. The van der Waals surface area contributed by atoms with Crippen molar-refractivity contribution in [3.63, 3.8) is 0 Å². The molecule has 17 heteroatoms. The fourth-order valence-corrected chi connectivity index (χ4v) is 6.11. The van der Waals surface area contributed by atoms with E-state index in [1.54, 1.807) is 34.6 Å². The van der Waals surface area contributed by atoms with Crippen LogP contribution in [0.2, 0.25) is 0 Å². The van der Waals surface area contributed by atoms with Gasteiger partial charge in [0.2, 0.25) is 0 Å². The fourth-order valence-electron chi connectivity index (χ4n) is 3.13. The Balaban J connectivity index is 2.16. The van der Waals surface area contributed by atoms with Gasteiger partial charge in [0.05, 0.1) is 19.3 Å². The van der Waals surface area contributed by atoms with Gasteiger partial charge in [-0.1, -0.05) is 55.7 Å². The lowest BCUT2D eigenvalue weighted by Gasteiger charge is -2.25. The van der Waals surface area contributed by atoms with Crippen LogP contribution in [0.3, 0.4) is 0 Å². The van der Waals surface area contributed by atoms with E-state index in [-0.39, 0.29) is 17.5 Å². The van der Waals surface area contributed by atoms with Gasteiger partial charge in [-0.15, -0.1) is 0 Å². The van der Waals surface area contributed by atoms with Gasteiger partial charge in [0.25, 0.3) is 5.56 Å². The van der Waals surface area contributed by atoms with Gasteiger partial charge in [0, 0.05) is 23.4 Å². The van der Waals surface area contributed by atoms with Gasteiger partial charge in [-0.3, -0.25) is 33.0 Å². The van der Waals surface area contributed by atoms with Gasteiger partial charge < -0.3 is 14.6 Å². The first kappa shape index (κ1) is 34.0. The molecule has 0 saturated carbocycles. The zero-order valence-electron chi connectivity index (χ0n) is 22.3. The molecule has 0 aromatic carbocycles. The van der Waals surface area contributed by atoms with Gasteiger partial charge in [-0.2, -0.15) is 0 Å². The molecule has 2 rings (SSSR count). The van der Waals surface area contributed by atoms with Gasteiger partial charge in [-0.25, -0.2) is 14.4 Å². The molecular weight excluding hydrogens is 600 g/mol. The highest BCUT2D eigenvalue weighted by molar-refractivity contribution is 8.13. The number of esters is 1. The summed E-state index contributed by atoms with van der Waals surface area (Å²) in [6, 6.07) is -0.0827. The number of carbonyl (C=O) groups excluding carboxylic acids is 2. The van der Waals surface area contributed by atoms with E-state index < -0.39 is 71.9 Å². The highest BCUT2D eigenvalue weighted by atomic mass is 35.5. The summed E-state index contributed by atoms with van der Waals surface area (Å²) in [4.78, 5) is 50.1. The fraction of sp³-hybridized carbons (Fsp3) is 0.727. The van der Waals surface area contributed by atoms with E-state index in [4.69, 9.17) is 41.7 Å². The van der Waals surface area contributed by atoms with Crippen molar-refractivity contribution in [2.24, 2.45) is 5.41 Å². The molecule has 1 aliphatic heterocycles. The van der Waals surface area contributed by atoms with Gasteiger partial charge in [0.1, 0.15) is 18.2 Å². The molecule has 222 valence electrons. The molecule has 13 nitrogen and oxygen atoms in total. The Morgan fingerprint density at radius 1 is 1.28 bits per heavy atom. The molecule has 1 saturated heterocycles. The lowest BCUT2D eigenvalue weighted by Crippen LogP contribution is -2.41. The first-order chi connectivity index (χ1) is 17.9. The number of carbonyl (C=O) groups is 2. The molecule has 2 heterocycles. The topological polar surface area (TPSA) is 175 Å². The molecule has 0 bridgehead atoms. The Morgan fingerprint density at radius 3 is 2.49 bits per heavy atom. The van der Waals surface area contributed by atoms with Crippen molar-refractivity contribution in [3.05, 3.63) is 33.1 Å². The third-order valence-corrected chi connectivity index (χ3v) is 8.92. The summed E-state index contributed by atoms with van der Waals surface area (Å²) in [5.41, 5.74) is -2.14. The lowest BCUT2D eigenvalue weighted by molar-refractivity contribution is -0.149. The predicted octanol–water partition coefficient (Wildman–Crippen LogP) is 2.35. The van der Waals surface area contributed by atoms with E-state index in [9.17, 15) is 28.8 Å². The summed E-state index contributed by atoms with van der Waals surface area (Å²) in [6.45, 7) is 9.18. The van der Waals surface area contributed by atoms with E-state index in [0.717, 1.165) is 28.6 Å². The molecule has 1 fully saturated rings. The third kappa shape index (κ3) is 9.40. The number of ether oxygens (including phenoxy) is 2. The summed E-state index contributed by atoms with van der Waals surface area (Å²) in [5.74, 6) is -0.577. The molecule has 3 N–H and O–H groups in total. The zero-order valence-corrected chi connectivity index (χ0v) is 25.6. The number of alkyl halides is 2. The normalized spacial score (nSPS) is 23.4. The summed E-state index contributed by atoms with van der Waals surface area (Å²) in [7, 11) is -4.27. The van der Waals surface area contributed by atoms with Crippen LogP contribution < -0.4 is 16.3 Å². The number of aromatic amines is 1. The molecule has 0 aliphatic carbocycles. The molecule has 1 aromatic rings. The van der Waals surface area contributed by atoms with Crippen LogP contribution in [0.15, 0.2) is 21.9 Å². The summed E-state index contributed by atoms with van der Waals surface area (Å²) < 4.78 is 34.1. The number of hydrogen-bond donors (Lipinski definition) is 3. The summed E-state index contributed by atoms with van der Waals surface area (Å²) in [6.07, 6.45) is -3.73. The van der Waals surface area contributed by atoms with Crippen LogP contribution in [-0.4, -0.2) is 73.4 Å². The number of aliphatic hydroxyl groups excluding tert-OH is 1. The highest BCUT2D eigenvalue weighted by Crippen LogP contribution is 2.49. The second-order valence-electron chi connectivity index (χ2n) is 10.0. The number of H-pyrrole nitrogens is 1. The molecule has 5 atom stereocenters. The van der Waals surface area contributed by atoms with E-state index >= 15 is 0 Å². The number of aliphatic hydroxyl groups is 1. The first-order valence-electron chi connectivity index (χ1n) is 11.9. The molecule has 0 amide bonds. The second kappa shape index (κ2) is 13.6. The van der Waals surface area contributed by atoms with Crippen LogP contribution >= 0.6 is 42.7 Å². The molecule has 39 heavy (non-hydrogen) atoms. The average molecular weight is 634 g/mol. The van der Waals surface area contributed by atoms with Crippen molar-refractivity contribution in [1.82, 2.24) is 14.6 Å². The quantitative estimate of drug-likeness (QED) is 0.133. The third-order valence-electron chi connectivity index (χ3n) is 5.14. The van der Waals surface area contributed by atoms with Crippen LogP contribution in [0.1, 0.15) is 47.8 Å². The van der Waals surface area contributed by atoms with Crippen molar-refractivity contribution in [2.75, 3.05) is 19.0 Å². The summed E-state index contributed by atoms with van der Waals surface area (Å²) in [5, 5.41) is 13.1. The summed E-state index contributed by atoms with van der Waals surface area (Å²) >= 11 is 13.6. The molecule has 0 radical (unpaired) electrons. The Hall–Kier alpha value is -1.22. The molecule has 1 aliphatic rings. The van der Waals surface area contributed by atoms with E-state index in [2.05, 4.69) is 5.09 Å². The number of nitrogens with zero attached hydrogens (tertiary/aromatic N) is 1. The Bertz CT molecular complexity index is 1190. The molecular formula is C22H34Cl2N3O10PS. The Morgan fingerprint density at radius 2 is 1.92 bits per heavy atom.